The fraction of sp³-hybridized carbons (Fsp3) is 0.333. The van der Waals surface area contributed by atoms with Crippen molar-refractivity contribution in [2.75, 3.05) is 25.3 Å². The standard InChI is InChI=1S/C21H20F3N3O3S/c1-29-13-8-7-10(9-14(13)30-2)26-19(28)17-16(25)15-11-5-3-4-6-12(11)18(21(22,23)24)27-20(15)31-17/h7-9H,3-6,25H2,1-2H3,(H,26,28)/p+1. The van der Waals surface area contributed by atoms with E-state index in [1.807, 2.05) is 0 Å². The summed E-state index contributed by atoms with van der Waals surface area (Å²) in [6, 6.07) is 4.87. The highest BCUT2D eigenvalue weighted by atomic mass is 32.1. The topological polar surface area (TPSA) is 87.7 Å². The largest absolute Gasteiger partial charge is 0.493 e. The van der Waals surface area contributed by atoms with Crippen molar-refractivity contribution in [3.8, 4) is 11.5 Å². The quantitative estimate of drug-likeness (QED) is 0.612. The van der Waals surface area contributed by atoms with Crippen LogP contribution in [0.25, 0.3) is 10.2 Å². The Morgan fingerprint density at radius 1 is 1.13 bits per heavy atom. The van der Waals surface area contributed by atoms with E-state index in [1.165, 1.54) is 14.2 Å². The third kappa shape index (κ3) is 3.76. The predicted molar refractivity (Wildman–Crippen MR) is 112 cm³/mol. The van der Waals surface area contributed by atoms with Crippen LogP contribution >= 0.6 is 11.3 Å². The van der Waals surface area contributed by atoms with Crippen LogP contribution in [0.1, 0.15) is 39.3 Å². The van der Waals surface area contributed by atoms with E-state index in [0.717, 1.165) is 17.8 Å². The van der Waals surface area contributed by atoms with Gasteiger partial charge in [0.15, 0.2) is 11.5 Å². The van der Waals surface area contributed by atoms with Crippen molar-refractivity contribution in [2.45, 2.75) is 31.9 Å². The maximum absolute atomic E-state index is 13.6. The van der Waals surface area contributed by atoms with Gasteiger partial charge in [0.2, 0.25) is 0 Å². The molecule has 2 aromatic heterocycles. The number of pyridine rings is 1. The van der Waals surface area contributed by atoms with Crippen LogP contribution in [-0.4, -0.2) is 20.1 Å². The first kappa shape index (κ1) is 21.2. The number of H-pyrrole nitrogens is 1. The Morgan fingerprint density at radius 3 is 2.45 bits per heavy atom. The third-order valence-corrected chi connectivity index (χ3v) is 6.51. The number of halogens is 3. The lowest BCUT2D eigenvalue weighted by molar-refractivity contribution is -0.397. The van der Waals surface area contributed by atoms with Gasteiger partial charge in [-0.2, -0.15) is 18.2 Å². The number of rotatable bonds is 4. The number of thiophene rings is 1. The number of aryl methyl sites for hydroxylation is 1. The summed E-state index contributed by atoms with van der Waals surface area (Å²) in [6.45, 7) is 0. The number of benzene rings is 1. The smallest absolute Gasteiger partial charge is 0.477 e. The highest BCUT2D eigenvalue weighted by Gasteiger charge is 2.44. The number of nitrogens with one attached hydrogen (secondary N) is 2. The molecule has 0 unspecified atom stereocenters. The van der Waals surface area contributed by atoms with Gasteiger partial charge in [0, 0.05) is 17.3 Å². The van der Waals surface area contributed by atoms with Gasteiger partial charge in [-0.25, -0.2) is 0 Å². The van der Waals surface area contributed by atoms with Gasteiger partial charge in [-0.3, -0.25) is 4.79 Å². The van der Waals surface area contributed by atoms with E-state index >= 15 is 0 Å². The van der Waals surface area contributed by atoms with Gasteiger partial charge < -0.3 is 20.5 Å². The lowest BCUT2D eigenvalue weighted by Gasteiger charge is -2.17. The first-order chi connectivity index (χ1) is 14.7. The molecule has 0 radical (unpaired) electrons. The van der Waals surface area contributed by atoms with Crippen LogP contribution in [0.5, 0.6) is 11.5 Å². The fourth-order valence-corrected chi connectivity index (χ4v) is 5.04. The van der Waals surface area contributed by atoms with Crippen LogP contribution < -0.4 is 25.5 Å². The summed E-state index contributed by atoms with van der Waals surface area (Å²) in [4.78, 5) is 15.8. The second kappa shape index (κ2) is 7.92. The molecule has 2 heterocycles. The molecule has 1 aromatic carbocycles. The summed E-state index contributed by atoms with van der Waals surface area (Å²) in [5.74, 6) is 0.432. The van der Waals surface area contributed by atoms with E-state index in [0.29, 0.717) is 47.4 Å². The van der Waals surface area contributed by atoms with Gasteiger partial charge in [0.05, 0.1) is 25.3 Å². The van der Waals surface area contributed by atoms with Crippen molar-refractivity contribution < 1.29 is 32.4 Å². The number of aromatic amines is 1. The predicted octanol–water partition coefficient (Wildman–Crippen LogP) is 4.46. The Bertz CT molecular complexity index is 1170. The first-order valence-electron chi connectivity index (χ1n) is 9.64. The van der Waals surface area contributed by atoms with Gasteiger partial charge in [0.1, 0.15) is 4.88 Å². The maximum Gasteiger partial charge on any atom is 0.477 e. The van der Waals surface area contributed by atoms with Crippen molar-refractivity contribution in [2.24, 2.45) is 0 Å². The molecule has 4 N–H and O–H groups in total. The molecule has 0 fully saturated rings. The van der Waals surface area contributed by atoms with Gasteiger partial charge >= 0.3 is 6.18 Å². The van der Waals surface area contributed by atoms with E-state index in [-0.39, 0.29) is 21.0 Å². The number of ether oxygens (including phenoxy) is 2. The van der Waals surface area contributed by atoms with Crippen molar-refractivity contribution in [1.29, 1.82) is 0 Å². The summed E-state index contributed by atoms with van der Waals surface area (Å²) in [6.07, 6.45) is -2.20. The average molecular weight is 452 g/mol. The van der Waals surface area contributed by atoms with Crippen LogP contribution in [-0.2, 0) is 19.0 Å². The molecule has 0 saturated heterocycles. The molecule has 0 spiro atoms. The molecule has 164 valence electrons. The Hall–Kier alpha value is -3.01. The lowest BCUT2D eigenvalue weighted by atomic mass is 9.88. The van der Waals surface area contributed by atoms with E-state index in [4.69, 9.17) is 15.2 Å². The van der Waals surface area contributed by atoms with E-state index < -0.39 is 17.8 Å². The Balaban J connectivity index is 1.77. The fourth-order valence-electron chi connectivity index (χ4n) is 3.99. The highest BCUT2D eigenvalue weighted by molar-refractivity contribution is 7.21. The molecule has 1 amide bonds. The zero-order valence-corrected chi connectivity index (χ0v) is 17.7. The monoisotopic (exact) mass is 452 g/mol. The van der Waals surface area contributed by atoms with Crippen LogP contribution in [0.4, 0.5) is 24.5 Å². The Morgan fingerprint density at radius 2 is 1.81 bits per heavy atom. The highest BCUT2D eigenvalue weighted by Crippen LogP contribution is 2.42. The van der Waals surface area contributed by atoms with Crippen LogP contribution in [0.3, 0.4) is 0 Å². The molecule has 10 heteroatoms. The maximum atomic E-state index is 13.6. The Labute approximate surface area is 180 Å². The zero-order valence-electron chi connectivity index (χ0n) is 16.9. The molecule has 0 atom stereocenters. The summed E-state index contributed by atoms with van der Waals surface area (Å²) >= 11 is 0.923. The molecular formula is C21H21F3N3O3S+. The number of nitrogens with two attached hydrogens (primary N) is 1. The molecule has 31 heavy (non-hydrogen) atoms. The number of hydrogen-bond donors (Lipinski definition) is 2. The first-order valence-corrected chi connectivity index (χ1v) is 10.5. The van der Waals surface area contributed by atoms with Crippen LogP contribution in [0, 0.1) is 0 Å². The van der Waals surface area contributed by atoms with Gasteiger partial charge in [-0.05, 0) is 43.4 Å². The molecule has 1 aliphatic rings. The number of hydrogen-bond acceptors (Lipinski definition) is 5. The minimum Gasteiger partial charge on any atom is -0.493 e. The molecular weight excluding hydrogens is 431 g/mol. The average Bonchev–Trinajstić information content (AvgIpc) is 3.09. The minimum atomic E-state index is -4.50. The lowest BCUT2D eigenvalue weighted by Crippen LogP contribution is -2.26. The zero-order chi connectivity index (χ0) is 22.3. The van der Waals surface area contributed by atoms with E-state index in [1.54, 1.807) is 18.2 Å². The number of carbonyl (C=O) groups is 1. The second-order valence-electron chi connectivity index (χ2n) is 7.23. The SMILES string of the molecule is COc1ccc(NC(=O)c2sc3[nH+]c(C(F)(F)F)c4c(c3c2N)CCCC4)cc1OC. The van der Waals surface area contributed by atoms with Gasteiger partial charge in [-0.1, -0.05) is 11.3 Å². The molecule has 0 saturated carbocycles. The van der Waals surface area contributed by atoms with Crippen LogP contribution in [0.2, 0.25) is 0 Å². The number of methoxy groups -OCH3 is 2. The van der Waals surface area contributed by atoms with Crippen molar-refractivity contribution in [3.63, 3.8) is 0 Å². The number of anilines is 2. The number of fused-ring (bicyclic) bond motifs is 3. The van der Waals surface area contributed by atoms with Crippen molar-refractivity contribution in [3.05, 3.63) is 39.9 Å². The number of amides is 1. The van der Waals surface area contributed by atoms with E-state index in [9.17, 15) is 18.0 Å². The van der Waals surface area contributed by atoms with Crippen LogP contribution in [0.15, 0.2) is 18.2 Å². The number of carbonyl (C=O) groups excluding carboxylic acids is 1. The second-order valence-corrected chi connectivity index (χ2v) is 8.26. The Kier molecular flexibility index (Phi) is 5.42. The molecule has 3 aromatic rings. The summed E-state index contributed by atoms with van der Waals surface area (Å²) < 4.78 is 51.3. The number of nitrogen functional groups attached to an aromatic ring is 1. The van der Waals surface area contributed by atoms with Crippen molar-refractivity contribution >= 4 is 38.8 Å². The number of alkyl halides is 3. The van der Waals surface area contributed by atoms with Crippen molar-refractivity contribution in [1.82, 2.24) is 0 Å². The number of aromatic nitrogens is 1. The molecule has 0 aliphatic heterocycles. The summed E-state index contributed by atoms with van der Waals surface area (Å²) in [5, 5.41) is 3.25. The third-order valence-electron chi connectivity index (χ3n) is 5.39. The molecule has 6 nitrogen and oxygen atoms in total. The summed E-state index contributed by atoms with van der Waals surface area (Å²) in [7, 11) is 2.98. The molecule has 0 bridgehead atoms. The molecule has 4 rings (SSSR count). The molecule has 1 aliphatic carbocycles. The van der Waals surface area contributed by atoms with Gasteiger partial charge in [-0.15, -0.1) is 0 Å². The van der Waals surface area contributed by atoms with E-state index in [2.05, 4.69) is 10.3 Å². The minimum absolute atomic E-state index is 0.160. The van der Waals surface area contributed by atoms with Gasteiger partial charge in [0.25, 0.3) is 16.4 Å². The normalized spacial score (nSPS) is 13.7. The summed E-state index contributed by atoms with van der Waals surface area (Å²) in [5.41, 5.74) is 7.02.